The van der Waals surface area contributed by atoms with Crippen LogP contribution >= 0.6 is 0 Å². The van der Waals surface area contributed by atoms with Crippen molar-refractivity contribution in [2.75, 3.05) is 6.61 Å². The summed E-state index contributed by atoms with van der Waals surface area (Å²) in [6.45, 7) is -0.543. The van der Waals surface area contributed by atoms with Gasteiger partial charge in [0.2, 0.25) is 0 Å². The Morgan fingerprint density at radius 1 is 0.897 bits per heavy atom. The van der Waals surface area contributed by atoms with Gasteiger partial charge in [0, 0.05) is 6.42 Å². The molecule has 0 bridgehead atoms. The molecule has 0 spiro atoms. The van der Waals surface area contributed by atoms with Crippen LogP contribution in [0.5, 0.6) is 0 Å². The molecular formula is C17H18F9NO2. The van der Waals surface area contributed by atoms with Gasteiger partial charge in [-0.1, -0.05) is 30.3 Å². The largest absolute Gasteiger partial charge is 0.465 e. The Labute approximate surface area is 160 Å². The Balaban J connectivity index is 2.47. The van der Waals surface area contributed by atoms with Crippen molar-refractivity contribution >= 4 is 5.97 Å². The molecule has 0 amide bonds. The van der Waals surface area contributed by atoms with E-state index in [4.69, 9.17) is 5.73 Å². The maximum atomic E-state index is 13.3. The van der Waals surface area contributed by atoms with Gasteiger partial charge in [-0.15, -0.1) is 0 Å². The van der Waals surface area contributed by atoms with Gasteiger partial charge in [0.1, 0.15) is 6.04 Å². The summed E-state index contributed by atoms with van der Waals surface area (Å²) in [6, 6.07) is 7.42. The summed E-state index contributed by atoms with van der Waals surface area (Å²) in [5.41, 5.74) is 6.31. The highest BCUT2D eigenvalue weighted by atomic mass is 19.4. The van der Waals surface area contributed by atoms with Crippen molar-refractivity contribution in [3.63, 3.8) is 0 Å². The summed E-state index contributed by atoms with van der Waals surface area (Å²) in [5.74, 6) is -20.1. The minimum atomic E-state index is -6.90. The van der Waals surface area contributed by atoms with Gasteiger partial charge in [-0.3, -0.25) is 4.79 Å². The molecule has 1 unspecified atom stereocenters. The van der Waals surface area contributed by atoms with Crippen molar-refractivity contribution in [3.05, 3.63) is 35.9 Å². The van der Waals surface area contributed by atoms with Crippen LogP contribution in [0.3, 0.4) is 0 Å². The van der Waals surface area contributed by atoms with E-state index in [1.807, 2.05) is 0 Å². The topological polar surface area (TPSA) is 52.3 Å². The fourth-order valence-electron chi connectivity index (χ4n) is 2.24. The molecule has 12 heteroatoms. The Morgan fingerprint density at radius 3 is 1.97 bits per heavy atom. The minimum Gasteiger partial charge on any atom is -0.465 e. The van der Waals surface area contributed by atoms with Crippen LogP contribution in [0.25, 0.3) is 0 Å². The number of carbonyl (C=O) groups excluding carboxylic acids is 1. The minimum absolute atomic E-state index is 0.108. The first-order chi connectivity index (χ1) is 13.1. The lowest BCUT2D eigenvalue weighted by Gasteiger charge is -2.33. The summed E-state index contributed by atoms with van der Waals surface area (Å²) in [5, 5.41) is 0. The van der Waals surface area contributed by atoms with E-state index in [9.17, 15) is 44.3 Å². The van der Waals surface area contributed by atoms with E-state index in [0.29, 0.717) is 5.56 Å². The zero-order valence-corrected chi connectivity index (χ0v) is 14.8. The number of carbonyl (C=O) groups is 1. The van der Waals surface area contributed by atoms with E-state index < -0.39 is 61.8 Å². The molecule has 3 nitrogen and oxygen atoms in total. The van der Waals surface area contributed by atoms with Gasteiger partial charge in [0.15, 0.2) is 0 Å². The molecule has 1 aromatic rings. The van der Waals surface area contributed by atoms with Crippen LogP contribution in [0.15, 0.2) is 30.3 Å². The third kappa shape index (κ3) is 6.00. The maximum absolute atomic E-state index is 13.3. The normalized spacial score (nSPS) is 14.6. The number of hydrogen-bond donors (Lipinski definition) is 1. The molecule has 0 saturated carbocycles. The predicted octanol–water partition coefficient (Wildman–Crippen LogP) is 4.74. The Hall–Kier alpha value is -1.98. The molecule has 0 aliphatic heterocycles. The van der Waals surface area contributed by atoms with Gasteiger partial charge in [0.25, 0.3) is 0 Å². The van der Waals surface area contributed by atoms with Crippen LogP contribution < -0.4 is 5.73 Å². The first-order valence-corrected chi connectivity index (χ1v) is 8.30. The summed E-state index contributed by atoms with van der Waals surface area (Å²) >= 11 is 0. The van der Waals surface area contributed by atoms with Crippen LogP contribution in [0, 0.1) is 0 Å². The molecule has 2 N–H and O–H groups in total. The second-order valence-corrected chi connectivity index (χ2v) is 6.27. The van der Waals surface area contributed by atoms with Crippen molar-refractivity contribution in [2.45, 2.75) is 55.7 Å². The molecule has 1 rings (SSSR count). The van der Waals surface area contributed by atoms with Gasteiger partial charge in [-0.05, 0) is 24.8 Å². The first-order valence-electron chi connectivity index (χ1n) is 8.30. The molecule has 0 radical (unpaired) electrons. The summed E-state index contributed by atoms with van der Waals surface area (Å²) in [4.78, 5) is 11.7. The highest BCUT2D eigenvalue weighted by Crippen LogP contribution is 2.54. The molecule has 1 atom stereocenters. The number of hydrogen-bond acceptors (Lipinski definition) is 3. The molecule has 0 aliphatic carbocycles. The molecule has 0 aromatic heterocycles. The van der Waals surface area contributed by atoms with Gasteiger partial charge < -0.3 is 10.5 Å². The Kier molecular flexibility index (Phi) is 7.97. The second kappa shape index (κ2) is 9.23. The summed E-state index contributed by atoms with van der Waals surface area (Å²) in [6.07, 6.45) is -10.1. The van der Waals surface area contributed by atoms with Crippen LogP contribution in [0.1, 0.15) is 24.8 Å². The average molecular weight is 439 g/mol. The molecule has 1 aromatic carbocycles. The molecule has 0 fully saturated rings. The molecule has 0 heterocycles. The standard InChI is InChI=1S/C17H18F9NO2/c18-14(19,15(20,21)16(22,23)17(24,25)26)8-4-5-9-29-13(28)12(27)10-11-6-2-1-3-7-11/h1-3,6-7,12H,4-5,8-10,27H2. The Bertz CT molecular complexity index is 663. The monoisotopic (exact) mass is 439 g/mol. The molecule has 29 heavy (non-hydrogen) atoms. The van der Waals surface area contributed by atoms with E-state index in [-0.39, 0.29) is 6.42 Å². The van der Waals surface area contributed by atoms with E-state index in [2.05, 4.69) is 4.74 Å². The predicted molar refractivity (Wildman–Crippen MR) is 83.8 cm³/mol. The van der Waals surface area contributed by atoms with Gasteiger partial charge in [-0.25, -0.2) is 0 Å². The van der Waals surface area contributed by atoms with Crippen molar-refractivity contribution in [3.8, 4) is 0 Å². The van der Waals surface area contributed by atoms with Gasteiger partial charge in [0.05, 0.1) is 6.61 Å². The van der Waals surface area contributed by atoms with Crippen LogP contribution in [-0.2, 0) is 16.0 Å². The van der Waals surface area contributed by atoms with Crippen molar-refractivity contribution in [1.82, 2.24) is 0 Å². The lowest BCUT2D eigenvalue weighted by atomic mass is 9.99. The number of unbranched alkanes of at least 4 members (excludes halogenated alkanes) is 1. The summed E-state index contributed by atoms with van der Waals surface area (Å²) in [7, 11) is 0. The molecule has 0 aliphatic rings. The smallest absolute Gasteiger partial charge is 0.460 e. The summed E-state index contributed by atoms with van der Waals surface area (Å²) < 4.78 is 119. The van der Waals surface area contributed by atoms with Crippen LogP contribution in [0.2, 0.25) is 0 Å². The highest BCUT2D eigenvalue weighted by Gasteiger charge is 2.81. The number of halogens is 9. The van der Waals surface area contributed by atoms with E-state index in [1.54, 1.807) is 30.3 Å². The second-order valence-electron chi connectivity index (χ2n) is 6.27. The molecule has 166 valence electrons. The number of ether oxygens (including phenoxy) is 1. The third-order valence-corrected chi connectivity index (χ3v) is 3.94. The van der Waals surface area contributed by atoms with Gasteiger partial charge in [-0.2, -0.15) is 39.5 Å². The van der Waals surface area contributed by atoms with Crippen LogP contribution in [-0.4, -0.2) is 42.6 Å². The average Bonchev–Trinajstić information content (AvgIpc) is 2.60. The van der Waals surface area contributed by atoms with Crippen LogP contribution in [0.4, 0.5) is 39.5 Å². The number of alkyl halides is 9. The van der Waals surface area contributed by atoms with E-state index >= 15 is 0 Å². The lowest BCUT2D eigenvalue weighted by molar-refractivity contribution is -0.396. The molecule has 0 saturated heterocycles. The van der Waals surface area contributed by atoms with E-state index in [0.717, 1.165) is 0 Å². The number of nitrogens with two attached hydrogens (primary N) is 1. The quantitative estimate of drug-likeness (QED) is 0.326. The van der Waals surface area contributed by atoms with Gasteiger partial charge >= 0.3 is 29.9 Å². The number of benzene rings is 1. The number of esters is 1. The first kappa shape index (κ1) is 25.1. The highest BCUT2D eigenvalue weighted by molar-refractivity contribution is 5.75. The fraction of sp³-hybridized carbons (Fsp3) is 0.588. The van der Waals surface area contributed by atoms with Crippen molar-refractivity contribution in [1.29, 1.82) is 0 Å². The molecular weight excluding hydrogens is 421 g/mol. The SMILES string of the molecule is NC(Cc1ccccc1)C(=O)OCCCCC(F)(F)C(F)(F)C(F)(F)C(F)(F)F. The Morgan fingerprint density at radius 2 is 1.45 bits per heavy atom. The lowest BCUT2D eigenvalue weighted by Crippen LogP contribution is -2.60. The van der Waals surface area contributed by atoms with Crippen molar-refractivity contribution < 1.29 is 49.0 Å². The zero-order chi connectivity index (χ0) is 22.5. The van der Waals surface area contributed by atoms with Crippen molar-refractivity contribution in [2.24, 2.45) is 5.73 Å². The zero-order valence-electron chi connectivity index (χ0n) is 14.8. The fourth-order valence-corrected chi connectivity index (χ4v) is 2.24. The maximum Gasteiger partial charge on any atom is 0.460 e. The van der Waals surface area contributed by atoms with E-state index in [1.165, 1.54) is 0 Å². The number of rotatable bonds is 10. The third-order valence-electron chi connectivity index (χ3n) is 3.94.